The monoisotopic (exact) mass is 353 g/mol. The Bertz CT molecular complexity index is 1080. The number of rotatable bonds is 2. The number of fused-ring (bicyclic) bond motifs is 2. The van der Waals surface area contributed by atoms with Crippen molar-refractivity contribution in [1.29, 1.82) is 0 Å². The first-order chi connectivity index (χ1) is 12.0. The highest BCUT2D eigenvalue weighted by Gasteiger charge is 2.19. The van der Waals surface area contributed by atoms with Gasteiger partial charge in [0.1, 0.15) is 5.58 Å². The van der Waals surface area contributed by atoms with E-state index in [0.29, 0.717) is 27.8 Å². The van der Waals surface area contributed by atoms with Gasteiger partial charge in [0.05, 0.1) is 11.6 Å². The van der Waals surface area contributed by atoms with E-state index in [1.165, 1.54) is 0 Å². The van der Waals surface area contributed by atoms with Crippen molar-refractivity contribution in [1.82, 2.24) is 14.9 Å². The Morgan fingerprint density at radius 1 is 1.36 bits per heavy atom. The van der Waals surface area contributed by atoms with Crippen molar-refractivity contribution in [2.75, 3.05) is 6.54 Å². The summed E-state index contributed by atoms with van der Waals surface area (Å²) in [7, 11) is 0. The van der Waals surface area contributed by atoms with Crippen LogP contribution in [0, 0.1) is 18.6 Å². The van der Waals surface area contributed by atoms with Gasteiger partial charge in [0.2, 0.25) is 0 Å². The average molecular weight is 353 g/mol. The van der Waals surface area contributed by atoms with Crippen LogP contribution in [0.25, 0.3) is 11.0 Å². The standard InChI is InChI=1S/C19H19N3O2S/c1-11-5-12(2)17-16(6-11)24-10-14(18(17)23)9-22-4-3-15-13(8-22)7-20-19(25)21-15/h5-7,10H,3-4,8-9H2,1-2H3,(H,20,21,25). The molecule has 0 aliphatic carbocycles. The lowest BCUT2D eigenvalue weighted by atomic mass is 10.0. The summed E-state index contributed by atoms with van der Waals surface area (Å²) in [4.78, 5) is 22.5. The number of nitrogens with zero attached hydrogens (tertiary/aromatic N) is 2. The number of nitrogens with one attached hydrogen (secondary N) is 1. The van der Waals surface area contributed by atoms with Crippen LogP contribution in [0.3, 0.4) is 0 Å². The highest BCUT2D eigenvalue weighted by atomic mass is 32.1. The van der Waals surface area contributed by atoms with Gasteiger partial charge in [-0.1, -0.05) is 6.07 Å². The molecule has 0 atom stereocenters. The maximum atomic E-state index is 12.9. The van der Waals surface area contributed by atoms with Gasteiger partial charge in [-0.15, -0.1) is 0 Å². The van der Waals surface area contributed by atoms with Crippen LogP contribution in [0.2, 0.25) is 0 Å². The average Bonchev–Trinajstić information content (AvgIpc) is 2.57. The summed E-state index contributed by atoms with van der Waals surface area (Å²) in [6.07, 6.45) is 4.31. The van der Waals surface area contributed by atoms with Crippen molar-refractivity contribution < 1.29 is 4.42 Å². The Hall–Kier alpha value is -2.31. The van der Waals surface area contributed by atoms with Crippen molar-refractivity contribution >= 4 is 23.2 Å². The molecule has 0 spiro atoms. The molecule has 0 fully saturated rings. The van der Waals surface area contributed by atoms with E-state index in [1.54, 1.807) is 6.26 Å². The van der Waals surface area contributed by atoms with Gasteiger partial charge >= 0.3 is 0 Å². The fourth-order valence-corrected chi connectivity index (χ4v) is 3.73. The molecule has 1 N–H and O–H groups in total. The summed E-state index contributed by atoms with van der Waals surface area (Å²) in [6, 6.07) is 3.94. The lowest BCUT2D eigenvalue weighted by molar-refractivity contribution is 0.240. The second-order valence-electron chi connectivity index (χ2n) is 6.70. The van der Waals surface area contributed by atoms with Gasteiger partial charge in [0.25, 0.3) is 0 Å². The van der Waals surface area contributed by atoms with Crippen molar-refractivity contribution in [3.8, 4) is 0 Å². The lowest BCUT2D eigenvalue weighted by Gasteiger charge is -2.27. The second kappa shape index (κ2) is 6.20. The van der Waals surface area contributed by atoms with E-state index in [-0.39, 0.29) is 5.43 Å². The first-order valence-electron chi connectivity index (χ1n) is 8.32. The number of aromatic amines is 1. The minimum Gasteiger partial charge on any atom is -0.464 e. The number of H-pyrrole nitrogens is 1. The van der Waals surface area contributed by atoms with Crippen molar-refractivity contribution in [3.63, 3.8) is 0 Å². The third kappa shape index (κ3) is 3.03. The van der Waals surface area contributed by atoms with E-state index in [1.807, 2.05) is 32.2 Å². The van der Waals surface area contributed by atoms with Gasteiger partial charge in [-0.25, -0.2) is 4.98 Å². The summed E-state index contributed by atoms with van der Waals surface area (Å²) in [6.45, 7) is 6.15. The minimum absolute atomic E-state index is 0.0649. The second-order valence-corrected chi connectivity index (χ2v) is 7.08. The van der Waals surface area contributed by atoms with Crippen molar-refractivity contribution in [2.24, 2.45) is 0 Å². The Kier molecular flexibility index (Phi) is 4.01. The summed E-state index contributed by atoms with van der Waals surface area (Å²) >= 11 is 5.08. The van der Waals surface area contributed by atoms with Gasteiger partial charge in [-0.3, -0.25) is 9.69 Å². The summed E-state index contributed by atoms with van der Waals surface area (Å²) < 4.78 is 6.27. The molecule has 128 valence electrons. The van der Waals surface area contributed by atoms with Crippen molar-refractivity contribution in [2.45, 2.75) is 33.4 Å². The zero-order valence-electron chi connectivity index (χ0n) is 14.3. The van der Waals surface area contributed by atoms with E-state index in [2.05, 4.69) is 14.9 Å². The maximum absolute atomic E-state index is 12.9. The fourth-order valence-electron chi connectivity index (χ4n) is 3.55. The zero-order valence-corrected chi connectivity index (χ0v) is 15.1. The Morgan fingerprint density at radius 2 is 2.20 bits per heavy atom. The molecule has 25 heavy (non-hydrogen) atoms. The van der Waals surface area contributed by atoms with Crippen LogP contribution in [-0.4, -0.2) is 21.4 Å². The third-order valence-electron chi connectivity index (χ3n) is 4.74. The third-order valence-corrected chi connectivity index (χ3v) is 4.95. The fraction of sp³-hybridized carbons (Fsp3) is 0.316. The summed E-state index contributed by atoms with van der Waals surface area (Å²) in [5.74, 6) is 0. The van der Waals surface area contributed by atoms with Gasteiger partial charge in [-0.05, 0) is 43.3 Å². The van der Waals surface area contributed by atoms with Gasteiger partial charge in [0.15, 0.2) is 10.2 Å². The molecule has 4 rings (SSSR count). The summed E-state index contributed by atoms with van der Waals surface area (Å²) in [5, 5.41) is 0.686. The largest absolute Gasteiger partial charge is 0.464 e. The van der Waals surface area contributed by atoms with E-state index in [9.17, 15) is 4.79 Å². The van der Waals surface area contributed by atoms with Crippen LogP contribution in [0.4, 0.5) is 0 Å². The predicted octanol–water partition coefficient (Wildman–Crippen LogP) is 3.42. The molecule has 1 aliphatic rings. The quantitative estimate of drug-likeness (QED) is 0.715. The number of aryl methyl sites for hydroxylation is 2. The minimum atomic E-state index is 0.0649. The Morgan fingerprint density at radius 3 is 3.04 bits per heavy atom. The van der Waals surface area contributed by atoms with E-state index in [4.69, 9.17) is 16.6 Å². The molecule has 6 heteroatoms. The molecule has 0 radical (unpaired) electrons. The first-order valence-corrected chi connectivity index (χ1v) is 8.73. The van der Waals surface area contributed by atoms with E-state index >= 15 is 0 Å². The molecule has 3 heterocycles. The van der Waals surface area contributed by atoms with E-state index < -0.39 is 0 Å². The van der Waals surface area contributed by atoms with Crippen LogP contribution in [0.15, 0.2) is 33.8 Å². The molecule has 0 bridgehead atoms. The molecule has 1 aromatic carbocycles. The normalized spacial score (nSPS) is 14.6. The summed E-state index contributed by atoms with van der Waals surface area (Å²) in [5.41, 5.74) is 5.76. The number of aromatic nitrogens is 2. The molecular formula is C19H19N3O2S. The molecular weight excluding hydrogens is 334 g/mol. The highest BCUT2D eigenvalue weighted by molar-refractivity contribution is 7.71. The van der Waals surface area contributed by atoms with Gasteiger partial charge in [0, 0.05) is 49.1 Å². The van der Waals surface area contributed by atoms with Crippen LogP contribution < -0.4 is 5.43 Å². The Balaban J connectivity index is 1.66. The zero-order chi connectivity index (χ0) is 17.6. The van der Waals surface area contributed by atoms with Crippen LogP contribution in [0.1, 0.15) is 27.9 Å². The maximum Gasteiger partial charge on any atom is 0.197 e. The van der Waals surface area contributed by atoms with Crippen LogP contribution in [-0.2, 0) is 19.5 Å². The molecule has 0 amide bonds. The first kappa shape index (κ1) is 16.2. The molecule has 0 saturated heterocycles. The lowest BCUT2D eigenvalue weighted by Crippen LogP contribution is -2.32. The molecule has 0 saturated carbocycles. The highest BCUT2D eigenvalue weighted by Crippen LogP contribution is 2.21. The molecule has 2 aromatic heterocycles. The number of benzene rings is 1. The van der Waals surface area contributed by atoms with Crippen LogP contribution >= 0.6 is 12.2 Å². The molecule has 5 nitrogen and oxygen atoms in total. The van der Waals surface area contributed by atoms with E-state index in [0.717, 1.165) is 41.9 Å². The molecule has 3 aromatic rings. The number of hydrogen-bond donors (Lipinski definition) is 1. The van der Waals surface area contributed by atoms with Gasteiger partial charge < -0.3 is 9.40 Å². The predicted molar refractivity (Wildman–Crippen MR) is 99.2 cm³/mol. The molecule has 1 aliphatic heterocycles. The topological polar surface area (TPSA) is 62.1 Å². The molecule has 0 unspecified atom stereocenters. The SMILES string of the molecule is Cc1cc(C)c2c(=O)c(CN3CCc4[nH]c(=S)ncc4C3)coc2c1. The number of hydrogen-bond acceptors (Lipinski definition) is 5. The van der Waals surface area contributed by atoms with Crippen molar-refractivity contribution in [3.05, 3.63) is 67.5 Å². The Labute approximate surface area is 150 Å². The van der Waals surface area contributed by atoms with Gasteiger partial charge in [-0.2, -0.15) is 0 Å². The smallest absolute Gasteiger partial charge is 0.197 e. The van der Waals surface area contributed by atoms with Crippen LogP contribution in [0.5, 0.6) is 0 Å².